The second kappa shape index (κ2) is 8.09. The van der Waals surface area contributed by atoms with Crippen LogP contribution in [0.15, 0.2) is 24.3 Å². The summed E-state index contributed by atoms with van der Waals surface area (Å²) >= 11 is 0. The van der Waals surface area contributed by atoms with Crippen LogP contribution < -0.4 is 5.73 Å². The Labute approximate surface area is 123 Å². The minimum Gasteiger partial charge on any atom is -0.320 e. The third-order valence-electron chi connectivity index (χ3n) is 4.10. The van der Waals surface area contributed by atoms with Gasteiger partial charge in [-0.25, -0.2) is 0 Å². The van der Waals surface area contributed by atoms with Crippen molar-refractivity contribution in [3.8, 4) is 11.8 Å². The zero-order chi connectivity index (χ0) is 14.2. The van der Waals surface area contributed by atoms with Gasteiger partial charge in [-0.1, -0.05) is 43.7 Å². The molecule has 1 aliphatic rings. The first kappa shape index (κ1) is 15.1. The van der Waals surface area contributed by atoms with Crippen LogP contribution in [0.1, 0.15) is 43.7 Å². The Hall–Kier alpha value is -1.30. The standard InChI is InChI=1S/C18H26N2/c1-2-4-16-10-13-20(14-11-16)15-18-8-6-17(7-9-18)5-3-12-19/h6-9,16H,2,4,10-15,19H2,1H3. The molecule has 0 unspecified atom stereocenters. The first-order chi connectivity index (χ1) is 9.81. The maximum atomic E-state index is 5.38. The van der Waals surface area contributed by atoms with Crippen molar-refractivity contribution in [2.75, 3.05) is 19.6 Å². The van der Waals surface area contributed by atoms with Gasteiger partial charge in [0.25, 0.3) is 0 Å². The van der Waals surface area contributed by atoms with Crippen molar-refractivity contribution in [1.29, 1.82) is 0 Å². The van der Waals surface area contributed by atoms with Crippen LogP contribution >= 0.6 is 0 Å². The van der Waals surface area contributed by atoms with Crippen molar-refractivity contribution < 1.29 is 0 Å². The molecule has 108 valence electrons. The number of rotatable bonds is 4. The minimum atomic E-state index is 0.425. The van der Waals surface area contributed by atoms with Crippen molar-refractivity contribution in [1.82, 2.24) is 4.90 Å². The number of benzene rings is 1. The Kier molecular flexibility index (Phi) is 6.11. The normalized spacial score (nSPS) is 16.7. The molecule has 20 heavy (non-hydrogen) atoms. The molecule has 1 aromatic rings. The van der Waals surface area contributed by atoms with Gasteiger partial charge in [-0.15, -0.1) is 0 Å². The third kappa shape index (κ3) is 4.67. The van der Waals surface area contributed by atoms with Gasteiger partial charge in [0.1, 0.15) is 0 Å². The monoisotopic (exact) mass is 270 g/mol. The Morgan fingerprint density at radius 2 is 1.90 bits per heavy atom. The second-order valence-corrected chi connectivity index (χ2v) is 5.71. The van der Waals surface area contributed by atoms with E-state index < -0.39 is 0 Å². The Balaban J connectivity index is 1.82. The van der Waals surface area contributed by atoms with E-state index >= 15 is 0 Å². The Bertz CT molecular complexity index is 445. The number of hydrogen-bond acceptors (Lipinski definition) is 2. The molecule has 1 saturated heterocycles. The summed E-state index contributed by atoms with van der Waals surface area (Å²) in [5.74, 6) is 6.92. The van der Waals surface area contributed by atoms with E-state index in [0.29, 0.717) is 6.54 Å². The highest BCUT2D eigenvalue weighted by atomic mass is 15.1. The molecule has 0 radical (unpaired) electrons. The van der Waals surface area contributed by atoms with Crippen LogP contribution in [0.5, 0.6) is 0 Å². The van der Waals surface area contributed by atoms with Gasteiger partial charge in [0.15, 0.2) is 0 Å². The second-order valence-electron chi connectivity index (χ2n) is 5.71. The van der Waals surface area contributed by atoms with E-state index in [9.17, 15) is 0 Å². The quantitative estimate of drug-likeness (QED) is 0.852. The molecule has 0 spiro atoms. The van der Waals surface area contributed by atoms with Crippen molar-refractivity contribution >= 4 is 0 Å². The molecule has 1 aliphatic heterocycles. The highest BCUT2D eigenvalue weighted by Gasteiger charge is 2.18. The predicted molar refractivity (Wildman–Crippen MR) is 85.3 cm³/mol. The van der Waals surface area contributed by atoms with Crippen LogP contribution in [0.2, 0.25) is 0 Å². The summed E-state index contributed by atoms with van der Waals surface area (Å²) in [5, 5.41) is 0. The van der Waals surface area contributed by atoms with Crippen molar-refractivity contribution in [2.24, 2.45) is 11.7 Å². The smallest absolute Gasteiger partial charge is 0.0555 e. The number of nitrogens with two attached hydrogens (primary N) is 1. The van der Waals surface area contributed by atoms with Crippen LogP contribution in [-0.4, -0.2) is 24.5 Å². The van der Waals surface area contributed by atoms with Gasteiger partial charge in [0.05, 0.1) is 6.54 Å². The summed E-state index contributed by atoms with van der Waals surface area (Å²) in [6.45, 7) is 6.29. The zero-order valence-corrected chi connectivity index (χ0v) is 12.6. The van der Waals surface area contributed by atoms with E-state index in [-0.39, 0.29) is 0 Å². The molecule has 0 bridgehead atoms. The summed E-state index contributed by atoms with van der Waals surface area (Å²) in [6.07, 6.45) is 5.47. The van der Waals surface area contributed by atoms with E-state index in [1.165, 1.54) is 44.3 Å². The molecular formula is C18H26N2. The average Bonchev–Trinajstić information content (AvgIpc) is 2.49. The van der Waals surface area contributed by atoms with Crippen molar-refractivity contribution in [3.63, 3.8) is 0 Å². The summed E-state index contributed by atoms with van der Waals surface area (Å²) in [4.78, 5) is 2.58. The molecule has 0 aromatic heterocycles. The fraction of sp³-hybridized carbons (Fsp3) is 0.556. The Morgan fingerprint density at radius 3 is 2.50 bits per heavy atom. The first-order valence-electron chi connectivity index (χ1n) is 7.82. The van der Waals surface area contributed by atoms with Gasteiger partial charge in [0, 0.05) is 12.1 Å². The zero-order valence-electron chi connectivity index (χ0n) is 12.6. The van der Waals surface area contributed by atoms with Gasteiger partial charge < -0.3 is 5.73 Å². The van der Waals surface area contributed by atoms with Crippen LogP contribution in [0.3, 0.4) is 0 Å². The molecule has 0 amide bonds. The lowest BCUT2D eigenvalue weighted by Gasteiger charge is -2.31. The number of nitrogens with zero attached hydrogens (tertiary/aromatic N) is 1. The molecule has 1 fully saturated rings. The lowest BCUT2D eigenvalue weighted by molar-refractivity contribution is 0.172. The van der Waals surface area contributed by atoms with Crippen LogP contribution in [0, 0.1) is 17.8 Å². The fourth-order valence-corrected chi connectivity index (χ4v) is 2.95. The molecule has 1 heterocycles. The molecule has 2 heteroatoms. The molecule has 2 N–H and O–H groups in total. The summed E-state index contributed by atoms with van der Waals surface area (Å²) in [6, 6.07) is 8.58. The van der Waals surface area contributed by atoms with Gasteiger partial charge in [-0.05, 0) is 49.5 Å². The number of piperidine rings is 1. The summed E-state index contributed by atoms with van der Waals surface area (Å²) < 4.78 is 0. The average molecular weight is 270 g/mol. The molecular weight excluding hydrogens is 244 g/mol. The van der Waals surface area contributed by atoms with E-state index in [4.69, 9.17) is 5.73 Å². The van der Waals surface area contributed by atoms with E-state index in [2.05, 4.69) is 47.9 Å². The molecule has 0 aliphatic carbocycles. The SMILES string of the molecule is CCCC1CCN(Cc2ccc(C#CCN)cc2)CC1. The Morgan fingerprint density at radius 1 is 1.20 bits per heavy atom. The predicted octanol–water partition coefficient (Wildman–Crippen LogP) is 3.01. The minimum absolute atomic E-state index is 0.425. The molecule has 2 nitrogen and oxygen atoms in total. The molecule has 0 saturated carbocycles. The summed E-state index contributed by atoms with van der Waals surface area (Å²) in [5.41, 5.74) is 7.82. The summed E-state index contributed by atoms with van der Waals surface area (Å²) in [7, 11) is 0. The maximum Gasteiger partial charge on any atom is 0.0555 e. The fourth-order valence-electron chi connectivity index (χ4n) is 2.95. The van der Waals surface area contributed by atoms with E-state index in [0.717, 1.165) is 18.0 Å². The van der Waals surface area contributed by atoms with E-state index in [1.807, 2.05) is 0 Å². The maximum absolute atomic E-state index is 5.38. The largest absolute Gasteiger partial charge is 0.320 e. The number of likely N-dealkylation sites (tertiary alicyclic amines) is 1. The van der Waals surface area contributed by atoms with Gasteiger partial charge >= 0.3 is 0 Å². The highest BCUT2D eigenvalue weighted by Crippen LogP contribution is 2.22. The van der Waals surface area contributed by atoms with Crippen LogP contribution in [0.25, 0.3) is 0 Å². The van der Waals surface area contributed by atoms with Crippen molar-refractivity contribution in [2.45, 2.75) is 39.2 Å². The topological polar surface area (TPSA) is 29.3 Å². The third-order valence-corrected chi connectivity index (χ3v) is 4.10. The first-order valence-corrected chi connectivity index (χ1v) is 7.82. The highest BCUT2D eigenvalue weighted by molar-refractivity contribution is 5.36. The lowest BCUT2D eigenvalue weighted by Crippen LogP contribution is -2.33. The van der Waals surface area contributed by atoms with Gasteiger partial charge in [0.2, 0.25) is 0 Å². The van der Waals surface area contributed by atoms with Gasteiger partial charge in [-0.2, -0.15) is 0 Å². The molecule has 2 rings (SSSR count). The van der Waals surface area contributed by atoms with Crippen LogP contribution in [0.4, 0.5) is 0 Å². The van der Waals surface area contributed by atoms with Crippen molar-refractivity contribution in [3.05, 3.63) is 35.4 Å². The van der Waals surface area contributed by atoms with E-state index in [1.54, 1.807) is 0 Å². The molecule has 0 atom stereocenters. The number of hydrogen-bond donors (Lipinski definition) is 1. The van der Waals surface area contributed by atoms with Gasteiger partial charge in [-0.3, -0.25) is 4.90 Å². The lowest BCUT2D eigenvalue weighted by atomic mass is 9.92. The molecule has 1 aromatic carbocycles. The van der Waals surface area contributed by atoms with Crippen LogP contribution in [-0.2, 0) is 6.54 Å².